The Morgan fingerprint density at radius 1 is 0.893 bits per heavy atom. The molecule has 0 saturated heterocycles. The van der Waals surface area contributed by atoms with E-state index in [2.05, 4.69) is 16.6 Å². The number of amides is 2. The Bertz CT molecular complexity index is 894. The fraction of sp³-hybridized carbons (Fsp3) is 0.190. The van der Waals surface area contributed by atoms with Crippen LogP contribution in [0.15, 0.2) is 42.5 Å². The first-order valence-corrected chi connectivity index (χ1v) is 8.60. The molecule has 144 valence electrons. The van der Waals surface area contributed by atoms with E-state index in [9.17, 15) is 14.4 Å². The van der Waals surface area contributed by atoms with Crippen LogP contribution in [0.4, 0.5) is 16.2 Å². The van der Waals surface area contributed by atoms with E-state index in [0.29, 0.717) is 11.3 Å². The van der Waals surface area contributed by atoms with Crippen LogP contribution in [-0.4, -0.2) is 31.2 Å². The summed E-state index contributed by atoms with van der Waals surface area (Å²) in [4.78, 5) is 36.4. The van der Waals surface area contributed by atoms with Gasteiger partial charge in [0.05, 0.1) is 24.3 Å². The molecule has 0 bridgehead atoms. The van der Waals surface area contributed by atoms with Gasteiger partial charge in [-0.25, -0.2) is 14.4 Å². The Kier molecular flexibility index (Phi) is 7.17. The van der Waals surface area contributed by atoms with Gasteiger partial charge in [0.1, 0.15) is 0 Å². The second-order valence-corrected chi connectivity index (χ2v) is 5.54. The van der Waals surface area contributed by atoms with E-state index >= 15 is 0 Å². The number of carbonyl (C=O) groups is 3. The molecule has 2 aromatic carbocycles. The minimum absolute atomic E-state index is 0.122. The van der Waals surface area contributed by atoms with Crippen LogP contribution in [0.25, 0.3) is 0 Å². The zero-order valence-corrected chi connectivity index (χ0v) is 15.6. The van der Waals surface area contributed by atoms with Crippen LogP contribution in [0.2, 0.25) is 0 Å². The molecule has 0 unspecified atom stereocenters. The van der Waals surface area contributed by atoms with Crippen molar-refractivity contribution >= 4 is 29.3 Å². The lowest BCUT2D eigenvalue weighted by molar-refractivity contribution is 0.0525. The highest BCUT2D eigenvalue weighted by Crippen LogP contribution is 2.18. The smallest absolute Gasteiger partial charge is 0.338 e. The van der Waals surface area contributed by atoms with Crippen LogP contribution in [0.5, 0.6) is 0 Å². The molecule has 2 N–H and O–H groups in total. The fourth-order valence-electron chi connectivity index (χ4n) is 2.34. The normalized spacial score (nSPS) is 9.75. The number of esters is 2. The van der Waals surface area contributed by atoms with E-state index < -0.39 is 18.0 Å². The standard InChI is InChI=1S/C21H20N2O5/c1-4-14-8-7-9-17(10-14)22-21(26)23-18-12-15(19(24)27-5-2)11-16(13-18)20(25)28-6-3/h1,7-13H,5-6H2,2-3H3,(H2,22,23,26). The van der Waals surface area contributed by atoms with Crippen LogP contribution in [0.3, 0.4) is 0 Å². The van der Waals surface area contributed by atoms with Gasteiger partial charge in [-0.15, -0.1) is 6.42 Å². The zero-order chi connectivity index (χ0) is 20.5. The monoisotopic (exact) mass is 380 g/mol. The summed E-state index contributed by atoms with van der Waals surface area (Å²) >= 11 is 0. The SMILES string of the molecule is C#Cc1cccc(NC(=O)Nc2cc(C(=O)OCC)cc(C(=O)OCC)c2)c1. The van der Waals surface area contributed by atoms with E-state index in [1.54, 1.807) is 38.1 Å². The van der Waals surface area contributed by atoms with E-state index in [1.165, 1.54) is 18.2 Å². The number of hydrogen-bond donors (Lipinski definition) is 2. The summed E-state index contributed by atoms with van der Waals surface area (Å²) in [5.41, 5.74) is 1.60. The number of benzene rings is 2. The Labute approximate surface area is 163 Å². The van der Waals surface area contributed by atoms with E-state index in [1.807, 2.05) is 0 Å². The molecule has 7 heteroatoms. The number of anilines is 2. The van der Waals surface area contributed by atoms with Crippen molar-refractivity contribution in [3.05, 3.63) is 59.2 Å². The van der Waals surface area contributed by atoms with Crippen molar-refractivity contribution in [2.75, 3.05) is 23.8 Å². The summed E-state index contributed by atoms with van der Waals surface area (Å²) in [5.74, 6) is 1.26. The summed E-state index contributed by atoms with van der Waals surface area (Å²) in [6.07, 6.45) is 5.35. The summed E-state index contributed by atoms with van der Waals surface area (Å²) in [6.45, 7) is 3.70. The lowest BCUT2D eigenvalue weighted by Gasteiger charge is -2.11. The highest BCUT2D eigenvalue weighted by atomic mass is 16.5. The highest BCUT2D eigenvalue weighted by molar-refractivity contribution is 6.03. The third-order valence-corrected chi connectivity index (χ3v) is 3.50. The second kappa shape index (κ2) is 9.78. The Balaban J connectivity index is 2.24. The fourth-order valence-corrected chi connectivity index (χ4v) is 2.34. The van der Waals surface area contributed by atoms with Crippen molar-refractivity contribution in [2.45, 2.75) is 13.8 Å². The van der Waals surface area contributed by atoms with Crippen molar-refractivity contribution in [3.63, 3.8) is 0 Å². The molecule has 2 rings (SSSR count). The number of urea groups is 1. The van der Waals surface area contributed by atoms with Crippen molar-refractivity contribution in [1.29, 1.82) is 0 Å². The van der Waals surface area contributed by atoms with Gasteiger partial charge in [0.25, 0.3) is 0 Å². The molecule has 0 fully saturated rings. The molecule has 7 nitrogen and oxygen atoms in total. The van der Waals surface area contributed by atoms with Gasteiger partial charge in [-0.3, -0.25) is 0 Å². The third kappa shape index (κ3) is 5.61. The van der Waals surface area contributed by atoms with Gasteiger partial charge in [0.15, 0.2) is 0 Å². The predicted molar refractivity (Wildman–Crippen MR) is 105 cm³/mol. The largest absolute Gasteiger partial charge is 0.462 e. The minimum Gasteiger partial charge on any atom is -0.462 e. The molecular weight excluding hydrogens is 360 g/mol. The molecule has 0 aliphatic carbocycles. The van der Waals surface area contributed by atoms with E-state index in [-0.39, 0.29) is 30.0 Å². The minimum atomic E-state index is -0.612. The molecule has 0 heterocycles. The first-order chi connectivity index (χ1) is 13.5. The van der Waals surface area contributed by atoms with Crippen LogP contribution in [0, 0.1) is 12.3 Å². The topological polar surface area (TPSA) is 93.7 Å². The second-order valence-electron chi connectivity index (χ2n) is 5.54. The van der Waals surface area contributed by atoms with Crippen molar-refractivity contribution in [2.24, 2.45) is 0 Å². The van der Waals surface area contributed by atoms with Gasteiger partial charge >= 0.3 is 18.0 Å². The van der Waals surface area contributed by atoms with Crippen LogP contribution in [0.1, 0.15) is 40.1 Å². The number of carbonyl (C=O) groups excluding carboxylic acids is 3. The number of nitrogens with one attached hydrogen (secondary N) is 2. The maximum absolute atomic E-state index is 12.3. The van der Waals surface area contributed by atoms with E-state index in [0.717, 1.165) is 0 Å². The quantitative estimate of drug-likeness (QED) is 0.589. The summed E-state index contributed by atoms with van der Waals surface area (Å²) < 4.78 is 9.93. The molecule has 2 amide bonds. The highest BCUT2D eigenvalue weighted by Gasteiger charge is 2.16. The third-order valence-electron chi connectivity index (χ3n) is 3.50. The molecule has 0 aliphatic heterocycles. The average Bonchev–Trinajstić information content (AvgIpc) is 2.68. The predicted octanol–water partition coefficient (Wildman–Crippen LogP) is 3.67. The van der Waals surface area contributed by atoms with Gasteiger partial charge in [-0.05, 0) is 50.2 Å². The van der Waals surface area contributed by atoms with Crippen molar-refractivity contribution in [3.8, 4) is 12.3 Å². The van der Waals surface area contributed by atoms with Crippen molar-refractivity contribution < 1.29 is 23.9 Å². The summed E-state index contributed by atoms with van der Waals surface area (Å²) in [5, 5.41) is 5.22. The van der Waals surface area contributed by atoms with Gasteiger partial charge in [-0.2, -0.15) is 0 Å². The lowest BCUT2D eigenvalue weighted by atomic mass is 10.1. The number of terminal acetylenes is 1. The van der Waals surface area contributed by atoms with Gasteiger partial charge in [0.2, 0.25) is 0 Å². The first-order valence-electron chi connectivity index (χ1n) is 8.60. The molecule has 28 heavy (non-hydrogen) atoms. The van der Waals surface area contributed by atoms with Crippen LogP contribution >= 0.6 is 0 Å². The Hall–Kier alpha value is -3.79. The number of hydrogen-bond acceptors (Lipinski definition) is 5. The first kappa shape index (κ1) is 20.5. The Morgan fingerprint density at radius 2 is 1.46 bits per heavy atom. The van der Waals surface area contributed by atoms with Gasteiger partial charge in [0, 0.05) is 16.9 Å². The molecule has 0 aromatic heterocycles. The molecular formula is C21H20N2O5. The summed E-state index contributed by atoms with van der Waals surface area (Å²) in [6, 6.07) is 10.4. The molecule has 2 aromatic rings. The maximum atomic E-state index is 12.3. The van der Waals surface area contributed by atoms with Crippen LogP contribution < -0.4 is 10.6 Å². The molecule has 0 radical (unpaired) electrons. The Morgan fingerprint density at radius 3 is 2.00 bits per heavy atom. The van der Waals surface area contributed by atoms with Crippen LogP contribution in [-0.2, 0) is 9.47 Å². The van der Waals surface area contributed by atoms with E-state index in [4.69, 9.17) is 15.9 Å². The number of rotatable bonds is 6. The average molecular weight is 380 g/mol. The number of ether oxygens (including phenoxy) is 2. The maximum Gasteiger partial charge on any atom is 0.338 e. The molecule has 0 atom stereocenters. The zero-order valence-electron chi connectivity index (χ0n) is 15.6. The lowest BCUT2D eigenvalue weighted by Crippen LogP contribution is -2.20. The van der Waals surface area contributed by atoms with Gasteiger partial charge < -0.3 is 20.1 Å². The van der Waals surface area contributed by atoms with Gasteiger partial charge in [-0.1, -0.05) is 12.0 Å². The van der Waals surface area contributed by atoms with Crippen molar-refractivity contribution in [1.82, 2.24) is 0 Å². The molecule has 0 spiro atoms. The summed E-state index contributed by atoms with van der Waals surface area (Å²) in [7, 11) is 0. The molecule has 0 aliphatic rings. The molecule has 0 saturated carbocycles.